The molecule has 29 heavy (non-hydrogen) atoms. The topological polar surface area (TPSA) is 112 Å². The van der Waals surface area contributed by atoms with Gasteiger partial charge in [-0.05, 0) is 25.1 Å². The Morgan fingerprint density at radius 1 is 1.17 bits per heavy atom. The number of benzene rings is 2. The van der Waals surface area contributed by atoms with Gasteiger partial charge in [-0.3, -0.25) is 19.5 Å². The van der Waals surface area contributed by atoms with Crippen molar-refractivity contribution in [3.8, 4) is 0 Å². The van der Waals surface area contributed by atoms with Gasteiger partial charge in [-0.1, -0.05) is 18.2 Å². The molecule has 0 aliphatic rings. The van der Waals surface area contributed by atoms with Crippen LogP contribution in [-0.4, -0.2) is 27.3 Å². The van der Waals surface area contributed by atoms with Crippen LogP contribution in [-0.2, 0) is 11.3 Å². The third-order valence-corrected chi connectivity index (χ3v) is 4.99. The fraction of sp³-hybridized carbons (Fsp3) is 0.200. The molecule has 2 heterocycles. The number of hydrogen-bond donors (Lipinski definition) is 0. The lowest BCUT2D eigenvalue weighted by Crippen LogP contribution is -2.34. The van der Waals surface area contributed by atoms with Gasteiger partial charge in [-0.2, -0.15) is 0 Å². The number of likely N-dealkylation sites (N-methyl/N-ethyl adjacent to an activating group) is 1. The van der Waals surface area contributed by atoms with Gasteiger partial charge >= 0.3 is 5.76 Å². The molecule has 4 aromatic rings. The molecule has 148 valence electrons. The third kappa shape index (κ3) is 3.27. The minimum Gasteiger partial charge on any atom is -0.459 e. The van der Waals surface area contributed by atoms with Crippen molar-refractivity contribution in [2.75, 3.05) is 7.05 Å². The second kappa shape index (κ2) is 6.93. The average molecular weight is 395 g/mol. The Bertz CT molecular complexity index is 1270. The third-order valence-electron chi connectivity index (χ3n) is 4.99. The van der Waals surface area contributed by atoms with Crippen molar-refractivity contribution in [3.05, 3.63) is 75.0 Å². The number of oxazole rings is 1. The molecule has 4 rings (SSSR count). The van der Waals surface area contributed by atoms with Crippen molar-refractivity contribution >= 4 is 33.7 Å². The number of nitro benzene ring substituents is 1. The summed E-state index contributed by atoms with van der Waals surface area (Å²) in [5.74, 6) is -0.457. The minimum atomic E-state index is -0.751. The van der Waals surface area contributed by atoms with Crippen LogP contribution in [0.4, 0.5) is 5.69 Å². The van der Waals surface area contributed by atoms with Crippen molar-refractivity contribution in [2.24, 2.45) is 0 Å². The van der Waals surface area contributed by atoms with Crippen LogP contribution in [0.25, 0.3) is 22.1 Å². The standard InChI is InChI=1S/C20H17N3O6/c1-12(17-9-13-5-3-4-6-16(13)28-17)21(2)19(24)11-22-15-8-7-14(23(26)27)10-18(15)29-20(22)25/h3-10,12H,11H2,1-2H3. The maximum absolute atomic E-state index is 12.8. The van der Waals surface area contributed by atoms with Gasteiger partial charge in [0.1, 0.15) is 17.9 Å². The van der Waals surface area contributed by atoms with E-state index in [0.29, 0.717) is 11.3 Å². The number of furan rings is 1. The molecule has 0 radical (unpaired) electrons. The fourth-order valence-electron chi connectivity index (χ4n) is 3.18. The molecule has 2 aromatic heterocycles. The van der Waals surface area contributed by atoms with E-state index < -0.39 is 10.7 Å². The molecule has 1 unspecified atom stereocenters. The van der Waals surface area contributed by atoms with Gasteiger partial charge in [-0.15, -0.1) is 0 Å². The second-order valence-electron chi connectivity index (χ2n) is 6.73. The van der Waals surface area contributed by atoms with E-state index in [0.717, 1.165) is 15.5 Å². The van der Waals surface area contributed by atoms with E-state index in [2.05, 4.69) is 0 Å². The molecule has 0 fully saturated rings. The van der Waals surface area contributed by atoms with E-state index in [9.17, 15) is 19.7 Å². The lowest BCUT2D eigenvalue weighted by molar-refractivity contribution is -0.384. The quantitative estimate of drug-likeness (QED) is 0.378. The molecule has 0 spiro atoms. The zero-order valence-corrected chi connectivity index (χ0v) is 15.7. The smallest absolute Gasteiger partial charge is 0.420 e. The van der Waals surface area contributed by atoms with Crippen molar-refractivity contribution in [1.29, 1.82) is 0 Å². The number of carbonyl (C=O) groups excluding carboxylic acids is 1. The van der Waals surface area contributed by atoms with E-state index in [-0.39, 0.29) is 29.8 Å². The van der Waals surface area contributed by atoms with Crippen molar-refractivity contribution in [2.45, 2.75) is 19.5 Å². The zero-order chi connectivity index (χ0) is 20.7. The number of carbonyl (C=O) groups is 1. The summed E-state index contributed by atoms with van der Waals surface area (Å²) < 4.78 is 12.0. The number of nitrogens with zero attached hydrogens (tertiary/aromatic N) is 3. The number of aromatic nitrogens is 1. The summed E-state index contributed by atoms with van der Waals surface area (Å²) in [6.07, 6.45) is 0. The molecule has 0 N–H and O–H groups in total. The molecule has 0 saturated carbocycles. The van der Waals surface area contributed by atoms with E-state index in [1.54, 1.807) is 7.05 Å². The Hall–Kier alpha value is -3.88. The van der Waals surface area contributed by atoms with Gasteiger partial charge in [0.25, 0.3) is 5.69 Å². The van der Waals surface area contributed by atoms with Crippen LogP contribution in [0.5, 0.6) is 0 Å². The highest BCUT2D eigenvalue weighted by atomic mass is 16.6. The molecular formula is C20H17N3O6. The van der Waals surface area contributed by atoms with Gasteiger partial charge in [0, 0.05) is 18.5 Å². The van der Waals surface area contributed by atoms with Crippen LogP contribution in [0.2, 0.25) is 0 Å². The van der Waals surface area contributed by atoms with Gasteiger partial charge in [-0.25, -0.2) is 4.79 Å². The predicted molar refractivity (Wildman–Crippen MR) is 105 cm³/mol. The first-order valence-electron chi connectivity index (χ1n) is 8.87. The monoisotopic (exact) mass is 395 g/mol. The van der Waals surface area contributed by atoms with Crippen molar-refractivity contribution < 1.29 is 18.6 Å². The highest BCUT2D eigenvalue weighted by Crippen LogP contribution is 2.27. The Labute approximate surface area is 163 Å². The van der Waals surface area contributed by atoms with Crippen LogP contribution in [0.3, 0.4) is 0 Å². The molecule has 9 nitrogen and oxygen atoms in total. The predicted octanol–water partition coefficient (Wildman–Crippen LogP) is 3.47. The van der Waals surface area contributed by atoms with Crippen LogP contribution in [0, 0.1) is 10.1 Å². The molecule has 0 bridgehead atoms. The maximum atomic E-state index is 12.8. The maximum Gasteiger partial charge on any atom is 0.420 e. The average Bonchev–Trinajstić information content (AvgIpc) is 3.27. The lowest BCUT2D eigenvalue weighted by atomic mass is 10.2. The van der Waals surface area contributed by atoms with Crippen LogP contribution < -0.4 is 5.76 Å². The molecule has 9 heteroatoms. The zero-order valence-electron chi connectivity index (χ0n) is 15.7. The number of fused-ring (bicyclic) bond motifs is 2. The number of rotatable bonds is 5. The number of non-ortho nitro benzene ring substituents is 1. The van der Waals surface area contributed by atoms with Gasteiger partial charge in [0.2, 0.25) is 5.91 Å². The van der Waals surface area contributed by atoms with E-state index in [1.165, 1.54) is 23.1 Å². The highest BCUT2D eigenvalue weighted by Gasteiger charge is 2.23. The molecule has 0 aliphatic carbocycles. The Balaban J connectivity index is 1.59. The van der Waals surface area contributed by atoms with Gasteiger partial charge in [0.15, 0.2) is 5.58 Å². The first-order chi connectivity index (χ1) is 13.8. The molecule has 0 saturated heterocycles. The number of para-hydroxylation sites is 1. The van der Waals surface area contributed by atoms with E-state index in [1.807, 2.05) is 37.3 Å². The highest BCUT2D eigenvalue weighted by molar-refractivity contribution is 5.81. The number of nitro groups is 1. The summed E-state index contributed by atoms with van der Waals surface area (Å²) in [6.45, 7) is 1.57. The lowest BCUT2D eigenvalue weighted by Gasteiger charge is -2.23. The largest absolute Gasteiger partial charge is 0.459 e. The molecule has 0 aliphatic heterocycles. The molecule has 1 amide bonds. The van der Waals surface area contributed by atoms with E-state index >= 15 is 0 Å². The Morgan fingerprint density at radius 3 is 2.66 bits per heavy atom. The Morgan fingerprint density at radius 2 is 1.93 bits per heavy atom. The fourth-order valence-corrected chi connectivity index (χ4v) is 3.18. The van der Waals surface area contributed by atoms with Gasteiger partial charge < -0.3 is 13.7 Å². The first kappa shape index (κ1) is 18.5. The first-order valence-corrected chi connectivity index (χ1v) is 8.87. The summed E-state index contributed by atoms with van der Waals surface area (Å²) in [4.78, 5) is 36.7. The van der Waals surface area contributed by atoms with Crippen molar-refractivity contribution in [1.82, 2.24) is 9.47 Å². The van der Waals surface area contributed by atoms with Crippen molar-refractivity contribution in [3.63, 3.8) is 0 Å². The Kier molecular flexibility index (Phi) is 4.42. The SMILES string of the molecule is CC(c1cc2ccccc2o1)N(C)C(=O)Cn1c(=O)oc2cc([N+](=O)[O-])ccc21. The summed E-state index contributed by atoms with van der Waals surface area (Å²) in [5, 5.41) is 11.8. The molecule has 2 aromatic carbocycles. The van der Waals surface area contributed by atoms with Crippen LogP contribution >= 0.6 is 0 Å². The number of hydrogen-bond acceptors (Lipinski definition) is 6. The number of amides is 1. The van der Waals surface area contributed by atoms with Crippen LogP contribution in [0.1, 0.15) is 18.7 Å². The molecule has 1 atom stereocenters. The van der Waals surface area contributed by atoms with E-state index in [4.69, 9.17) is 8.83 Å². The second-order valence-corrected chi connectivity index (χ2v) is 6.73. The normalized spacial score (nSPS) is 12.3. The van der Waals surface area contributed by atoms with Gasteiger partial charge in [0.05, 0.1) is 22.5 Å². The molecular weight excluding hydrogens is 378 g/mol. The minimum absolute atomic E-state index is 0.0602. The van der Waals surface area contributed by atoms with Crippen LogP contribution in [0.15, 0.2) is 62.2 Å². The summed E-state index contributed by atoms with van der Waals surface area (Å²) in [6, 6.07) is 12.9. The summed E-state index contributed by atoms with van der Waals surface area (Å²) >= 11 is 0. The summed E-state index contributed by atoms with van der Waals surface area (Å²) in [5.41, 5.74) is 0.915. The summed E-state index contributed by atoms with van der Waals surface area (Å²) in [7, 11) is 1.62.